The van der Waals surface area contributed by atoms with Gasteiger partial charge in [-0.15, -0.1) is 0 Å². The summed E-state index contributed by atoms with van der Waals surface area (Å²) in [7, 11) is 3.96. The Kier molecular flexibility index (Phi) is 4.78. The second-order valence-electron chi connectivity index (χ2n) is 4.34. The highest BCUT2D eigenvalue weighted by Gasteiger charge is 2.23. The highest BCUT2D eigenvalue weighted by molar-refractivity contribution is 5.87. The van der Waals surface area contributed by atoms with Crippen molar-refractivity contribution in [1.29, 1.82) is 0 Å². The van der Waals surface area contributed by atoms with Crippen LogP contribution in [0.15, 0.2) is 12.2 Å². The molecule has 0 aliphatic carbocycles. The molecule has 4 heteroatoms. The second kappa shape index (κ2) is 5.88. The first-order chi connectivity index (χ1) is 7.13. The van der Waals surface area contributed by atoms with Crippen LogP contribution < -0.4 is 5.73 Å². The first-order valence-corrected chi connectivity index (χ1v) is 5.43. The standard InChI is InChI=1S/C11H21N3O/c1-13(2)6-3-4-11(15)14-7-5-10(8-12)9-14/h3-4,10H,5-9,12H2,1-2H3/b4-3+/t10-/m1/s1. The monoisotopic (exact) mass is 211 g/mol. The van der Waals surface area contributed by atoms with Gasteiger partial charge >= 0.3 is 0 Å². The van der Waals surface area contributed by atoms with E-state index in [0.717, 1.165) is 26.1 Å². The van der Waals surface area contributed by atoms with Crippen LogP contribution in [0.5, 0.6) is 0 Å². The quantitative estimate of drug-likeness (QED) is 0.661. The lowest BCUT2D eigenvalue weighted by Gasteiger charge is -2.13. The van der Waals surface area contributed by atoms with E-state index >= 15 is 0 Å². The number of hydrogen-bond donors (Lipinski definition) is 1. The Bertz CT molecular complexity index is 238. The molecule has 0 unspecified atom stereocenters. The molecule has 86 valence electrons. The first kappa shape index (κ1) is 12.2. The average molecular weight is 211 g/mol. The van der Waals surface area contributed by atoms with Gasteiger partial charge in [-0.05, 0) is 33.0 Å². The van der Waals surface area contributed by atoms with Crippen molar-refractivity contribution in [2.45, 2.75) is 6.42 Å². The Morgan fingerprint density at radius 1 is 1.60 bits per heavy atom. The van der Waals surface area contributed by atoms with Gasteiger partial charge in [0.2, 0.25) is 5.91 Å². The Morgan fingerprint density at radius 2 is 2.33 bits per heavy atom. The number of nitrogens with two attached hydrogens (primary N) is 1. The molecule has 15 heavy (non-hydrogen) atoms. The number of carbonyl (C=O) groups is 1. The van der Waals surface area contributed by atoms with Crippen molar-refractivity contribution in [2.75, 3.05) is 40.3 Å². The van der Waals surface area contributed by atoms with Gasteiger partial charge in [0.1, 0.15) is 0 Å². The molecule has 1 amide bonds. The summed E-state index contributed by atoms with van der Waals surface area (Å²) in [5.74, 6) is 0.615. The number of carbonyl (C=O) groups excluding carboxylic acids is 1. The van der Waals surface area contributed by atoms with E-state index in [9.17, 15) is 4.79 Å². The molecule has 0 aromatic heterocycles. The molecule has 1 saturated heterocycles. The summed E-state index contributed by atoms with van der Waals surface area (Å²) < 4.78 is 0. The van der Waals surface area contributed by atoms with E-state index < -0.39 is 0 Å². The van der Waals surface area contributed by atoms with Crippen LogP contribution in [0.2, 0.25) is 0 Å². The van der Waals surface area contributed by atoms with E-state index in [-0.39, 0.29) is 5.91 Å². The third-order valence-electron chi connectivity index (χ3n) is 2.66. The molecule has 1 fully saturated rings. The van der Waals surface area contributed by atoms with E-state index in [4.69, 9.17) is 5.73 Å². The Balaban J connectivity index is 2.32. The number of likely N-dealkylation sites (N-methyl/N-ethyl adjacent to an activating group) is 1. The van der Waals surface area contributed by atoms with E-state index in [2.05, 4.69) is 0 Å². The molecule has 4 nitrogen and oxygen atoms in total. The van der Waals surface area contributed by atoms with Crippen LogP contribution in [0, 0.1) is 5.92 Å². The van der Waals surface area contributed by atoms with Crippen molar-refractivity contribution < 1.29 is 4.79 Å². The van der Waals surface area contributed by atoms with E-state index in [1.807, 2.05) is 30.0 Å². The Morgan fingerprint density at radius 3 is 2.87 bits per heavy atom. The lowest BCUT2D eigenvalue weighted by atomic mass is 10.1. The van der Waals surface area contributed by atoms with Crippen LogP contribution >= 0.6 is 0 Å². The Hall–Kier alpha value is -0.870. The van der Waals surface area contributed by atoms with Crippen molar-refractivity contribution in [1.82, 2.24) is 9.80 Å². The first-order valence-electron chi connectivity index (χ1n) is 5.43. The van der Waals surface area contributed by atoms with E-state index in [1.165, 1.54) is 0 Å². The molecule has 0 spiro atoms. The number of rotatable bonds is 4. The fraction of sp³-hybridized carbons (Fsp3) is 0.727. The molecular weight excluding hydrogens is 190 g/mol. The van der Waals surface area contributed by atoms with Gasteiger partial charge < -0.3 is 15.5 Å². The van der Waals surface area contributed by atoms with Crippen LogP contribution in [-0.4, -0.2) is 56.0 Å². The third-order valence-corrected chi connectivity index (χ3v) is 2.66. The van der Waals surface area contributed by atoms with Gasteiger partial charge in [-0.2, -0.15) is 0 Å². The summed E-state index contributed by atoms with van der Waals surface area (Å²) in [4.78, 5) is 15.6. The number of nitrogens with zero attached hydrogens (tertiary/aromatic N) is 2. The van der Waals surface area contributed by atoms with Crippen molar-refractivity contribution in [3.05, 3.63) is 12.2 Å². The highest BCUT2D eigenvalue weighted by atomic mass is 16.2. The molecule has 1 heterocycles. The summed E-state index contributed by atoms with van der Waals surface area (Å²) >= 11 is 0. The summed E-state index contributed by atoms with van der Waals surface area (Å²) in [6.45, 7) is 3.17. The van der Waals surface area contributed by atoms with Crippen molar-refractivity contribution in [3.63, 3.8) is 0 Å². The van der Waals surface area contributed by atoms with Crippen LogP contribution in [0.3, 0.4) is 0 Å². The summed E-state index contributed by atoms with van der Waals surface area (Å²) in [5, 5.41) is 0. The largest absolute Gasteiger partial charge is 0.339 e. The minimum absolute atomic E-state index is 0.118. The van der Waals surface area contributed by atoms with Crippen molar-refractivity contribution in [2.24, 2.45) is 11.7 Å². The Labute approximate surface area is 91.7 Å². The zero-order valence-corrected chi connectivity index (χ0v) is 9.65. The van der Waals surface area contributed by atoms with Gasteiger partial charge in [0.15, 0.2) is 0 Å². The maximum Gasteiger partial charge on any atom is 0.246 e. The molecule has 1 rings (SSSR count). The summed E-state index contributed by atoms with van der Waals surface area (Å²) in [6, 6.07) is 0. The van der Waals surface area contributed by atoms with Gasteiger partial charge in [0, 0.05) is 25.7 Å². The molecule has 0 aromatic carbocycles. The van der Waals surface area contributed by atoms with Crippen LogP contribution in [0.1, 0.15) is 6.42 Å². The van der Waals surface area contributed by atoms with E-state index in [1.54, 1.807) is 6.08 Å². The van der Waals surface area contributed by atoms with Gasteiger partial charge in [0.25, 0.3) is 0 Å². The van der Waals surface area contributed by atoms with Crippen molar-refractivity contribution in [3.8, 4) is 0 Å². The lowest BCUT2D eigenvalue weighted by Crippen LogP contribution is -2.28. The lowest BCUT2D eigenvalue weighted by molar-refractivity contribution is -0.125. The van der Waals surface area contributed by atoms with Gasteiger partial charge in [0.05, 0.1) is 0 Å². The van der Waals surface area contributed by atoms with Gasteiger partial charge in [-0.3, -0.25) is 4.79 Å². The topological polar surface area (TPSA) is 49.6 Å². The zero-order valence-electron chi connectivity index (χ0n) is 9.65. The molecule has 1 aliphatic heterocycles. The average Bonchev–Trinajstić information content (AvgIpc) is 2.65. The minimum Gasteiger partial charge on any atom is -0.339 e. The minimum atomic E-state index is 0.118. The predicted octanol–water partition coefficient (Wildman–Crippen LogP) is -0.0886. The van der Waals surface area contributed by atoms with Gasteiger partial charge in [-0.25, -0.2) is 0 Å². The predicted molar refractivity (Wildman–Crippen MR) is 61.4 cm³/mol. The fourth-order valence-corrected chi connectivity index (χ4v) is 1.69. The molecule has 0 aromatic rings. The second-order valence-corrected chi connectivity index (χ2v) is 4.34. The molecule has 1 aliphatic rings. The molecule has 0 saturated carbocycles. The number of amides is 1. The fourth-order valence-electron chi connectivity index (χ4n) is 1.69. The van der Waals surface area contributed by atoms with Gasteiger partial charge in [-0.1, -0.05) is 6.08 Å². The molecule has 0 radical (unpaired) electrons. The highest BCUT2D eigenvalue weighted by Crippen LogP contribution is 2.14. The number of likely N-dealkylation sites (tertiary alicyclic amines) is 1. The van der Waals surface area contributed by atoms with Crippen LogP contribution in [0.25, 0.3) is 0 Å². The van der Waals surface area contributed by atoms with Crippen LogP contribution in [0.4, 0.5) is 0 Å². The number of hydrogen-bond acceptors (Lipinski definition) is 3. The zero-order chi connectivity index (χ0) is 11.3. The SMILES string of the molecule is CN(C)C/C=C/C(=O)N1CC[C@H](CN)C1. The molecule has 1 atom stereocenters. The van der Waals surface area contributed by atoms with Crippen molar-refractivity contribution >= 4 is 5.91 Å². The third kappa shape index (κ3) is 4.01. The maximum atomic E-state index is 11.7. The van der Waals surface area contributed by atoms with Crippen LogP contribution in [-0.2, 0) is 4.79 Å². The van der Waals surface area contributed by atoms with E-state index in [0.29, 0.717) is 12.5 Å². The maximum absolute atomic E-state index is 11.7. The summed E-state index contributed by atoms with van der Waals surface area (Å²) in [6.07, 6.45) is 4.61. The molecular formula is C11H21N3O. The molecule has 2 N–H and O–H groups in total. The molecule has 0 bridgehead atoms. The smallest absolute Gasteiger partial charge is 0.246 e. The summed E-state index contributed by atoms with van der Waals surface area (Å²) in [5.41, 5.74) is 5.57. The normalized spacial score (nSPS) is 21.9.